The molecule has 0 rings (SSSR count). The van der Waals surface area contributed by atoms with E-state index >= 15 is 0 Å². The van der Waals surface area contributed by atoms with E-state index in [2.05, 4.69) is 4.43 Å². The van der Waals surface area contributed by atoms with Crippen LogP contribution in [0.1, 0.15) is 13.3 Å². The van der Waals surface area contributed by atoms with Crippen LogP contribution < -0.4 is 0 Å². The topological polar surface area (TPSA) is 9.23 Å². The minimum atomic E-state index is -4.14. The van der Waals surface area contributed by atoms with Crippen LogP contribution in [-0.2, 0) is 4.43 Å². The first-order chi connectivity index (χ1) is 4.06. The quantitative estimate of drug-likeness (QED) is 0.445. The maximum absolute atomic E-state index is 11.3. The first-order valence-electron chi connectivity index (χ1n) is 2.52. The highest BCUT2D eigenvalue weighted by atomic mass is 28.2. The first kappa shape index (κ1) is 8.97. The standard InChI is InChI=1S/C4H7F3OSi/c1-2-3-8-9-4(5,6)7/h2-3H2,1H3. The molecule has 0 aliphatic heterocycles. The van der Waals surface area contributed by atoms with Crippen molar-refractivity contribution in [3.05, 3.63) is 0 Å². The maximum Gasteiger partial charge on any atom is 0.389 e. The van der Waals surface area contributed by atoms with Crippen molar-refractivity contribution in [3.8, 4) is 0 Å². The third-order valence-electron chi connectivity index (χ3n) is 0.494. The number of alkyl halides is 3. The fourth-order valence-electron chi connectivity index (χ4n) is 0.235. The Kier molecular flexibility index (Phi) is 3.88. The van der Waals surface area contributed by atoms with Gasteiger partial charge in [-0.25, -0.2) is 0 Å². The largest absolute Gasteiger partial charge is 0.410 e. The van der Waals surface area contributed by atoms with Crippen LogP contribution >= 0.6 is 0 Å². The Morgan fingerprint density at radius 2 is 2.00 bits per heavy atom. The number of hydrogen-bond donors (Lipinski definition) is 0. The van der Waals surface area contributed by atoms with Gasteiger partial charge in [0.15, 0.2) is 0 Å². The Labute approximate surface area is 54.1 Å². The Morgan fingerprint density at radius 1 is 1.44 bits per heavy atom. The molecule has 0 saturated heterocycles. The number of hydrogen-bond acceptors (Lipinski definition) is 1. The molecule has 5 heteroatoms. The van der Waals surface area contributed by atoms with Crippen LogP contribution in [0.5, 0.6) is 0 Å². The van der Waals surface area contributed by atoms with Gasteiger partial charge in [-0.3, -0.25) is 0 Å². The molecule has 1 nitrogen and oxygen atoms in total. The summed E-state index contributed by atoms with van der Waals surface area (Å²) < 4.78 is 38.0. The lowest BCUT2D eigenvalue weighted by Gasteiger charge is -2.02. The summed E-state index contributed by atoms with van der Waals surface area (Å²) in [6.07, 6.45) is 0.628. The summed E-state index contributed by atoms with van der Waals surface area (Å²) >= 11 is 0. The molecule has 0 unspecified atom stereocenters. The van der Waals surface area contributed by atoms with Gasteiger partial charge in [-0.1, -0.05) is 6.92 Å². The molecule has 54 valence electrons. The monoisotopic (exact) mass is 156 g/mol. The van der Waals surface area contributed by atoms with Gasteiger partial charge in [-0.15, -0.1) is 0 Å². The molecule has 0 bridgehead atoms. The molecule has 0 aliphatic rings. The number of halogens is 3. The molecular weight excluding hydrogens is 149 g/mol. The molecule has 0 atom stereocenters. The van der Waals surface area contributed by atoms with E-state index in [1.54, 1.807) is 6.92 Å². The molecule has 0 heterocycles. The van der Waals surface area contributed by atoms with Crippen molar-refractivity contribution in [1.29, 1.82) is 0 Å². The third-order valence-corrected chi connectivity index (χ3v) is 1.07. The number of rotatable bonds is 3. The molecule has 0 amide bonds. The van der Waals surface area contributed by atoms with Gasteiger partial charge in [0.25, 0.3) is 0 Å². The van der Waals surface area contributed by atoms with Gasteiger partial charge in [-0.05, 0) is 6.42 Å². The van der Waals surface area contributed by atoms with Crippen molar-refractivity contribution >= 4 is 9.76 Å². The molecule has 0 aromatic carbocycles. The van der Waals surface area contributed by atoms with Gasteiger partial charge in [0.1, 0.15) is 0 Å². The minimum Gasteiger partial charge on any atom is -0.410 e. The third kappa shape index (κ3) is 7.97. The highest BCUT2D eigenvalue weighted by molar-refractivity contribution is 6.29. The van der Waals surface area contributed by atoms with Crippen molar-refractivity contribution in [1.82, 2.24) is 0 Å². The van der Waals surface area contributed by atoms with E-state index in [0.29, 0.717) is 6.42 Å². The van der Waals surface area contributed by atoms with Crippen molar-refractivity contribution in [3.63, 3.8) is 0 Å². The fraction of sp³-hybridized carbons (Fsp3) is 1.00. The van der Waals surface area contributed by atoms with E-state index < -0.39 is 15.6 Å². The molecular formula is C4H7F3OSi. The zero-order valence-corrected chi connectivity index (χ0v) is 5.96. The van der Waals surface area contributed by atoms with Gasteiger partial charge in [0.2, 0.25) is 0 Å². The van der Waals surface area contributed by atoms with Crippen LogP contribution in [-0.4, -0.2) is 22.2 Å². The van der Waals surface area contributed by atoms with E-state index in [-0.39, 0.29) is 6.61 Å². The maximum atomic E-state index is 11.3. The lowest BCUT2D eigenvalue weighted by atomic mass is 10.5. The minimum absolute atomic E-state index is 0.192. The van der Waals surface area contributed by atoms with Gasteiger partial charge in [0.05, 0.1) is 0 Å². The smallest absolute Gasteiger partial charge is 0.389 e. The van der Waals surface area contributed by atoms with Gasteiger partial charge < -0.3 is 4.43 Å². The molecule has 9 heavy (non-hydrogen) atoms. The average Bonchev–Trinajstić information content (AvgIpc) is 1.63. The molecule has 0 aromatic rings. The second kappa shape index (κ2) is 3.89. The Hall–Kier alpha value is -0.0331. The first-order valence-corrected chi connectivity index (χ1v) is 3.43. The van der Waals surface area contributed by atoms with E-state index in [1.165, 1.54) is 0 Å². The molecule has 0 aliphatic carbocycles. The lowest BCUT2D eigenvalue weighted by molar-refractivity contribution is -0.0596. The highest BCUT2D eigenvalue weighted by Gasteiger charge is 2.30. The zero-order chi connectivity index (χ0) is 7.33. The second-order valence-corrected chi connectivity index (χ2v) is 2.51. The fourth-order valence-corrected chi connectivity index (χ4v) is 0.705. The highest BCUT2D eigenvalue weighted by Crippen LogP contribution is 2.11. The average molecular weight is 156 g/mol. The lowest BCUT2D eigenvalue weighted by Crippen LogP contribution is -2.21. The summed E-state index contributed by atoms with van der Waals surface area (Å²) in [6, 6.07) is 0. The van der Waals surface area contributed by atoms with Crippen LogP contribution in [0.2, 0.25) is 0 Å². The van der Waals surface area contributed by atoms with E-state index in [1.807, 2.05) is 0 Å². The van der Waals surface area contributed by atoms with Gasteiger partial charge in [0, 0.05) is 6.61 Å². The van der Waals surface area contributed by atoms with Crippen LogP contribution in [0.3, 0.4) is 0 Å². The van der Waals surface area contributed by atoms with Crippen LogP contribution in [0, 0.1) is 0 Å². The van der Waals surface area contributed by atoms with Crippen molar-refractivity contribution in [2.75, 3.05) is 6.61 Å². The van der Waals surface area contributed by atoms with Crippen molar-refractivity contribution in [2.45, 2.75) is 19.1 Å². The molecule has 0 aromatic heterocycles. The normalized spacial score (nSPS) is 12.0. The van der Waals surface area contributed by atoms with Crippen LogP contribution in [0.15, 0.2) is 0 Å². The molecule has 0 spiro atoms. The SMILES string of the molecule is CCCO[Si]C(F)(F)F. The molecule has 0 N–H and O–H groups in total. The predicted octanol–water partition coefficient (Wildman–Crippen LogP) is 1.55. The zero-order valence-electron chi connectivity index (χ0n) is 4.96. The summed E-state index contributed by atoms with van der Waals surface area (Å²) in [7, 11) is -1.35. The summed E-state index contributed by atoms with van der Waals surface area (Å²) in [6.45, 7) is 1.96. The molecule has 0 fully saturated rings. The Bertz CT molecular complexity index is 72.7. The molecule has 2 radical (unpaired) electrons. The van der Waals surface area contributed by atoms with Gasteiger partial charge >= 0.3 is 15.6 Å². The molecule has 0 saturated carbocycles. The van der Waals surface area contributed by atoms with Crippen LogP contribution in [0.4, 0.5) is 13.2 Å². The summed E-state index contributed by atoms with van der Waals surface area (Å²) in [5.74, 6) is -4.14. The van der Waals surface area contributed by atoms with E-state index in [0.717, 1.165) is 0 Å². The Balaban J connectivity index is 3.07. The summed E-state index contributed by atoms with van der Waals surface area (Å²) in [5.41, 5.74) is 0. The van der Waals surface area contributed by atoms with Crippen molar-refractivity contribution < 1.29 is 17.6 Å². The Morgan fingerprint density at radius 3 is 2.33 bits per heavy atom. The summed E-state index contributed by atoms with van der Waals surface area (Å²) in [4.78, 5) is 0. The second-order valence-electron chi connectivity index (χ2n) is 1.45. The van der Waals surface area contributed by atoms with Crippen LogP contribution in [0.25, 0.3) is 0 Å². The predicted molar refractivity (Wildman–Crippen MR) is 28.1 cm³/mol. The van der Waals surface area contributed by atoms with E-state index in [4.69, 9.17) is 0 Å². The van der Waals surface area contributed by atoms with Crippen molar-refractivity contribution in [2.24, 2.45) is 0 Å². The van der Waals surface area contributed by atoms with Gasteiger partial charge in [-0.2, -0.15) is 13.2 Å². The van der Waals surface area contributed by atoms with E-state index in [9.17, 15) is 13.2 Å². The summed E-state index contributed by atoms with van der Waals surface area (Å²) in [5, 5.41) is 0.